The topological polar surface area (TPSA) is 53.1 Å². The molecule has 0 saturated carbocycles. The molecule has 0 atom stereocenters. The summed E-state index contributed by atoms with van der Waals surface area (Å²) < 4.78 is 5.74. The van der Waals surface area contributed by atoms with Gasteiger partial charge < -0.3 is 14.5 Å². The fraction of sp³-hybridized carbons (Fsp3) is 0.391. The molecular formula is C23H27N3O3. The molecule has 2 fully saturated rings. The van der Waals surface area contributed by atoms with Gasteiger partial charge in [0.05, 0.1) is 0 Å². The first kappa shape index (κ1) is 19.5. The van der Waals surface area contributed by atoms with Crippen LogP contribution in [0.1, 0.15) is 18.4 Å². The van der Waals surface area contributed by atoms with E-state index in [9.17, 15) is 9.59 Å². The van der Waals surface area contributed by atoms with Crippen LogP contribution in [0.15, 0.2) is 54.6 Å². The quantitative estimate of drug-likeness (QED) is 0.757. The van der Waals surface area contributed by atoms with Crippen LogP contribution in [0.4, 0.5) is 5.69 Å². The van der Waals surface area contributed by atoms with Crippen LogP contribution in [0.5, 0.6) is 5.75 Å². The van der Waals surface area contributed by atoms with Crippen molar-refractivity contribution < 1.29 is 14.3 Å². The first-order chi connectivity index (χ1) is 14.2. The summed E-state index contributed by atoms with van der Waals surface area (Å²) in [5.41, 5.74) is 2.14. The van der Waals surface area contributed by atoms with Crippen LogP contribution in [0, 0.1) is 0 Å². The SMILES string of the molecule is O=C(COc1cccc(N2CCCC2=O)c1)N1CCN(Cc2ccccc2)CC1. The minimum absolute atomic E-state index is 0.00649. The van der Waals surface area contributed by atoms with Crippen molar-refractivity contribution in [2.24, 2.45) is 0 Å². The van der Waals surface area contributed by atoms with E-state index in [-0.39, 0.29) is 18.4 Å². The maximum Gasteiger partial charge on any atom is 0.260 e. The van der Waals surface area contributed by atoms with Crippen molar-refractivity contribution in [3.8, 4) is 5.75 Å². The monoisotopic (exact) mass is 393 g/mol. The lowest BCUT2D eigenvalue weighted by Gasteiger charge is -2.34. The number of nitrogens with zero attached hydrogens (tertiary/aromatic N) is 3. The van der Waals surface area contributed by atoms with Gasteiger partial charge in [-0.05, 0) is 24.1 Å². The average molecular weight is 393 g/mol. The van der Waals surface area contributed by atoms with Crippen molar-refractivity contribution in [3.63, 3.8) is 0 Å². The van der Waals surface area contributed by atoms with Gasteiger partial charge in [-0.3, -0.25) is 14.5 Å². The van der Waals surface area contributed by atoms with Gasteiger partial charge in [-0.25, -0.2) is 0 Å². The zero-order valence-electron chi connectivity index (χ0n) is 16.6. The molecular weight excluding hydrogens is 366 g/mol. The average Bonchev–Trinajstić information content (AvgIpc) is 3.19. The fourth-order valence-electron chi connectivity index (χ4n) is 3.90. The van der Waals surface area contributed by atoms with Crippen LogP contribution in [0.2, 0.25) is 0 Å². The Balaban J connectivity index is 1.25. The molecule has 0 N–H and O–H groups in total. The molecule has 0 radical (unpaired) electrons. The van der Waals surface area contributed by atoms with Gasteiger partial charge in [-0.15, -0.1) is 0 Å². The standard InChI is InChI=1S/C23H27N3O3/c27-22-10-5-11-26(22)20-8-4-9-21(16-20)29-18-23(28)25-14-12-24(13-15-25)17-19-6-2-1-3-7-19/h1-4,6-9,16H,5,10-15,17-18H2. The van der Waals surface area contributed by atoms with Gasteiger partial charge >= 0.3 is 0 Å². The summed E-state index contributed by atoms with van der Waals surface area (Å²) in [6.07, 6.45) is 1.48. The Morgan fingerprint density at radius 2 is 1.72 bits per heavy atom. The van der Waals surface area contributed by atoms with Crippen molar-refractivity contribution in [1.82, 2.24) is 9.80 Å². The van der Waals surface area contributed by atoms with Crippen LogP contribution in [-0.4, -0.2) is 60.9 Å². The van der Waals surface area contributed by atoms with Gasteiger partial charge in [0, 0.05) is 57.4 Å². The molecule has 0 aliphatic carbocycles. The van der Waals surface area contributed by atoms with Crippen molar-refractivity contribution in [1.29, 1.82) is 0 Å². The Kier molecular flexibility index (Phi) is 6.10. The molecule has 2 saturated heterocycles. The molecule has 6 heteroatoms. The second-order valence-electron chi connectivity index (χ2n) is 7.58. The van der Waals surface area contributed by atoms with E-state index in [1.807, 2.05) is 35.2 Å². The number of carbonyl (C=O) groups is 2. The van der Waals surface area contributed by atoms with E-state index < -0.39 is 0 Å². The molecule has 152 valence electrons. The second kappa shape index (κ2) is 9.09. The lowest BCUT2D eigenvalue weighted by atomic mass is 10.2. The van der Waals surface area contributed by atoms with Gasteiger partial charge in [0.15, 0.2) is 6.61 Å². The zero-order chi connectivity index (χ0) is 20.1. The van der Waals surface area contributed by atoms with Gasteiger partial charge in [-0.1, -0.05) is 36.4 Å². The van der Waals surface area contributed by atoms with Crippen molar-refractivity contribution in [2.75, 3.05) is 44.2 Å². The smallest absolute Gasteiger partial charge is 0.260 e. The van der Waals surface area contributed by atoms with Crippen molar-refractivity contribution in [3.05, 3.63) is 60.2 Å². The minimum Gasteiger partial charge on any atom is -0.484 e. The molecule has 0 aromatic heterocycles. The number of rotatable bonds is 6. The molecule has 2 heterocycles. The molecule has 2 aromatic rings. The third-order valence-electron chi connectivity index (χ3n) is 5.54. The molecule has 0 spiro atoms. The Bertz CT molecular complexity index is 847. The summed E-state index contributed by atoms with van der Waals surface area (Å²) in [6.45, 7) is 4.86. The predicted octanol–water partition coefficient (Wildman–Crippen LogP) is 2.54. The van der Waals surface area contributed by atoms with E-state index >= 15 is 0 Å². The van der Waals surface area contributed by atoms with Gasteiger partial charge in [0.2, 0.25) is 5.91 Å². The van der Waals surface area contributed by atoms with E-state index in [1.165, 1.54) is 5.56 Å². The first-order valence-corrected chi connectivity index (χ1v) is 10.3. The number of piperazine rings is 1. The van der Waals surface area contributed by atoms with Crippen molar-refractivity contribution >= 4 is 17.5 Å². The number of benzene rings is 2. The maximum atomic E-state index is 12.5. The predicted molar refractivity (Wildman–Crippen MR) is 112 cm³/mol. The summed E-state index contributed by atoms with van der Waals surface area (Å²) in [6, 6.07) is 17.8. The molecule has 2 aliphatic rings. The number of amides is 2. The molecule has 2 amide bonds. The molecule has 4 rings (SSSR count). The van der Waals surface area contributed by atoms with E-state index in [0.29, 0.717) is 12.2 Å². The van der Waals surface area contributed by atoms with E-state index in [2.05, 4.69) is 29.2 Å². The summed E-state index contributed by atoms with van der Waals surface area (Å²) in [5.74, 6) is 0.775. The van der Waals surface area contributed by atoms with Gasteiger partial charge in [0.1, 0.15) is 5.75 Å². The molecule has 2 aromatic carbocycles. The zero-order valence-corrected chi connectivity index (χ0v) is 16.6. The van der Waals surface area contributed by atoms with E-state index in [1.54, 1.807) is 4.90 Å². The molecule has 0 unspecified atom stereocenters. The van der Waals surface area contributed by atoms with Crippen LogP contribution in [-0.2, 0) is 16.1 Å². The number of hydrogen-bond acceptors (Lipinski definition) is 4. The van der Waals surface area contributed by atoms with Gasteiger partial charge in [-0.2, -0.15) is 0 Å². The van der Waals surface area contributed by atoms with E-state index in [0.717, 1.165) is 51.4 Å². The normalized spacial score (nSPS) is 17.6. The first-order valence-electron chi connectivity index (χ1n) is 10.3. The highest BCUT2D eigenvalue weighted by Crippen LogP contribution is 2.25. The highest BCUT2D eigenvalue weighted by Gasteiger charge is 2.23. The van der Waals surface area contributed by atoms with Crippen LogP contribution in [0.3, 0.4) is 0 Å². The van der Waals surface area contributed by atoms with Crippen LogP contribution >= 0.6 is 0 Å². The Morgan fingerprint density at radius 1 is 0.931 bits per heavy atom. The third-order valence-corrected chi connectivity index (χ3v) is 5.54. The third kappa shape index (κ3) is 4.95. The van der Waals surface area contributed by atoms with E-state index in [4.69, 9.17) is 4.74 Å². The Labute approximate surface area is 171 Å². The lowest BCUT2D eigenvalue weighted by molar-refractivity contribution is -0.135. The highest BCUT2D eigenvalue weighted by atomic mass is 16.5. The Morgan fingerprint density at radius 3 is 2.45 bits per heavy atom. The Hall–Kier alpha value is -2.86. The number of ether oxygens (including phenoxy) is 1. The minimum atomic E-state index is 0.00649. The van der Waals surface area contributed by atoms with Crippen LogP contribution in [0.25, 0.3) is 0 Å². The van der Waals surface area contributed by atoms with Crippen LogP contribution < -0.4 is 9.64 Å². The summed E-state index contributed by atoms with van der Waals surface area (Å²) in [5, 5.41) is 0. The maximum absolute atomic E-state index is 12.5. The second-order valence-corrected chi connectivity index (χ2v) is 7.58. The number of hydrogen-bond donors (Lipinski definition) is 0. The number of carbonyl (C=O) groups excluding carboxylic acids is 2. The highest BCUT2D eigenvalue weighted by molar-refractivity contribution is 5.95. The summed E-state index contributed by atoms with van der Waals surface area (Å²) in [7, 11) is 0. The molecule has 6 nitrogen and oxygen atoms in total. The number of anilines is 1. The van der Waals surface area contributed by atoms with Crippen molar-refractivity contribution in [2.45, 2.75) is 19.4 Å². The van der Waals surface area contributed by atoms with Gasteiger partial charge in [0.25, 0.3) is 5.91 Å². The fourth-order valence-corrected chi connectivity index (χ4v) is 3.90. The molecule has 0 bridgehead atoms. The summed E-state index contributed by atoms with van der Waals surface area (Å²) in [4.78, 5) is 30.5. The molecule has 2 aliphatic heterocycles. The molecule has 29 heavy (non-hydrogen) atoms. The lowest BCUT2D eigenvalue weighted by Crippen LogP contribution is -2.49. The largest absolute Gasteiger partial charge is 0.484 e. The summed E-state index contributed by atoms with van der Waals surface area (Å²) >= 11 is 0.